The average molecular weight is 306 g/mol. The molecule has 2 N–H and O–H groups in total. The number of aliphatic hydroxyl groups excluding tert-OH is 2. The molecule has 6 nitrogen and oxygen atoms in total. The predicted octanol–water partition coefficient (Wildman–Crippen LogP) is 1.26. The van der Waals surface area contributed by atoms with Crippen molar-refractivity contribution in [1.82, 2.24) is 0 Å². The van der Waals surface area contributed by atoms with Gasteiger partial charge < -0.3 is 24.1 Å². The smallest absolute Gasteiger partial charge is 0.339 e. The second-order valence-electron chi connectivity index (χ2n) is 5.57. The van der Waals surface area contributed by atoms with Gasteiger partial charge in [-0.05, 0) is 31.5 Å². The minimum Gasteiger partial charge on any atom is -0.462 e. The van der Waals surface area contributed by atoms with E-state index in [0.29, 0.717) is 16.9 Å². The molecule has 3 rings (SSSR count). The number of aliphatic hydroxyl groups is 2. The first-order chi connectivity index (χ1) is 10.5. The van der Waals surface area contributed by atoms with Crippen LogP contribution in [0.1, 0.15) is 17.5 Å². The molecule has 0 radical (unpaired) electrons. The van der Waals surface area contributed by atoms with Crippen LogP contribution in [0.2, 0.25) is 0 Å². The first-order valence-corrected chi connectivity index (χ1v) is 7.14. The van der Waals surface area contributed by atoms with Crippen LogP contribution in [0.3, 0.4) is 0 Å². The number of ether oxygens (including phenoxy) is 2. The second kappa shape index (κ2) is 5.72. The molecule has 0 aliphatic carbocycles. The lowest BCUT2D eigenvalue weighted by Gasteiger charge is -2.31. The summed E-state index contributed by atoms with van der Waals surface area (Å²) < 4.78 is 16.1. The first kappa shape index (κ1) is 15.0. The minimum atomic E-state index is -0.911. The van der Waals surface area contributed by atoms with Gasteiger partial charge in [-0.3, -0.25) is 0 Å². The molecule has 2 heterocycles. The molecule has 1 aromatic heterocycles. The van der Waals surface area contributed by atoms with E-state index in [-0.39, 0.29) is 18.7 Å². The molecule has 1 aliphatic rings. The van der Waals surface area contributed by atoms with E-state index in [2.05, 4.69) is 0 Å². The highest BCUT2D eigenvalue weighted by Gasteiger charge is 2.30. The maximum atomic E-state index is 11.7. The Balaban J connectivity index is 1.89. The van der Waals surface area contributed by atoms with Gasteiger partial charge in [0.25, 0.3) is 0 Å². The van der Waals surface area contributed by atoms with Gasteiger partial charge in [0, 0.05) is 23.4 Å². The highest BCUT2D eigenvalue weighted by molar-refractivity contribution is 5.82. The summed E-state index contributed by atoms with van der Waals surface area (Å²) >= 11 is 0. The molecule has 6 heteroatoms. The van der Waals surface area contributed by atoms with Crippen LogP contribution < -0.4 is 10.4 Å². The van der Waals surface area contributed by atoms with Crippen molar-refractivity contribution >= 4 is 11.0 Å². The Kier molecular flexibility index (Phi) is 3.90. The summed E-state index contributed by atoms with van der Waals surface area (Å²) in [7, 11) is 0. The summed E-state index contributed by atoms with van der Waals surface area (Å²) in [5.74, 6) is 0.430. The first-order valence-electron chi connectivity index (χ1n) is 7.14. The molecule has 118 valence electrons. The second-order valence-corrected chi connectivity index (χ2v) is 5.57. The van der Waals surface area contributed by atoms with Crippen molar-refractivity contribution < 1.29 is 24.1 Å². The quantitative estimate of drug-likeness (QED) is 0.812. The maximum Gasteiger partial charge on any atom is 0.339 e. The van der Waals surface area contributed by atoms with Crippen LogP contribution >= 0.6 is 0 Å². The molecule has 2 aromatic rings. The standard InChI is InChI=1S/C16H18O6/c1-8-9(2)15(19)22-14-6-11(3-4-12(8)14)21-16-13(18)5-10(17)7-20-16/h3-4,6,10,13,16-18H,5,7H2,1-2H3/t10-,13?,16+/m1/s1. The zero-order chi connectivity index (χ0) is 15.9. The van der Waals surface area contributed by atoms with Crippen LogP contribution in [0.15, 0.2) is 27.4 Å². The molecular formula is C16H18O6. The Hall–Kier alpha value is -1.89. The Morgan fingerprint density at radius 1 is 1.23 bits per heavy atom. The SMILES string of the molecule is Cc1c(C)c2ccc(O[C@@H]3OC[C@H](O)CC3O)cc2oc1=O. The Morgan fingerprint density at radius 2 is 2.00 bits per heavy atom. The van der Waals surface area contributed by atoms with Crippen LogP contribution in [0.4, 0.5) is 0 Å². The highest BCUT2D eigenvalue weighted by Crippen LogP contribution is 2.26. The summed E-state index contributed by atoms with van der Waals surface area (Å²) in [5, 5.41) is 20.1. The van der Waals surface area contributed by atoms with Crippen molar-refractivity contribution in [3.8, 4) is 5.75 Å². The third-order valence-electron chi connectivity index (χ3n) is 3.96. The number of fused-ring (bicyclic) bond motifs is 1. The third-order valence-corrected chi connectivity index (χ3v) is 3.96. The van der Waals surface area contributed by atoms with Crippen LogP contribution in [0, 0.1) is 13.8 Å². The topological polar surface area (TPSA) is 89.1 Å². The minimum absolute atomic E-state index is 0.114. The summed E-state index contributed by atoms with van der Waals surface area (Å²) in [6.45, 7) is 3.70. The van der Waals surface area contributed by atoms with E-state index in [0.717, 1.165) is 10.9 Å². The molecule has 1 fully saturated rings. The van der Waals surface area contributed by atoms with E-state index in [1.165, 1.54) is 0 Å². The monoisotopic (exact) mass is 306 g/mol. The van der Waals surface area contributed by atoms with Crippen LogP contribution in [-0.4, -0.2) is 35.3 Å². The number of hydrogen-bond donors (Lipinski definition) is 2. The molecule has 0 amide bonds. The van der Waals surface area contributed by atoms with Crippen LogP contribution in [0.25, 0.3) is 11.0 Å². The van der Waals surface area contributed by atoms with Gasteiger partial charge in [-0.1, -0.05) is 0 Å². The Morgan fingerprint density at radius 3 is 2.73 bits per heavy atom. The van der Waals surface area contributed by atoms with Crippen molar-refractivity contribution in [3.05, 3.63) is 39.7 Å². The molecule has 0 bridgehead atoms. The van der Waals surface area contributed by atoms with Gasteiger partial charge in [0.15, 0.2) is 0 Å². The van der Waals surface area contributed by atoms with Crippen molar-refractivity contribution in [2.45, 2.75) is 38.8 Å². The number of rotatable bonds is 2. The largest absolute Gasteiger partial charge is 0.462 e. The van der Waals surface area contributed by atoms with E-state index >= 15 is 0 Å². The summed E-state index contributed by atoms with van der Waals surface area (Å²) in [6.07, 6.45) is -2.24. The maximum absolute atomic E-state index is 11.7. The van der Waals surface area contributed by atoms with Gasteiger partial charge >= 0.3 is 5.63 Å². The summed E-state index contributed by atoms with van der Waals surface area (Å²) in [5.41, 5.74) is 1.51. The van der Waals surface area contributed by atoms with Crippen molar-refractivity contribution in [1.29, 1.82) is 0 Å². The zero-order valence-corrected chi connectivity index (χ0v) is 12.4. The highest BCUT2D eigenvalue weighted by atomic mass is 16.7. The van der Waals surface area contributed by atoms with E-state index in [9.17, 15) is 15.0 Å². The fraction of sp³-hybridized carbons (Fsp3) is 0.438. The summed E-state index contributed by atoms with van der Waals surface area (Å²) in [4.78, 5) is 11.7. The molecule has 0 spiro atoms. The van der Waals surface area contributed by atoms with Crippen molar-refractivity contribution in [2.75, 3.05) is 6.61 Å². The normalized spacial score (nSPS) is 25.4. The zero-order valence-electron chi connectivity index (χ0n) is 12.4. The molecule has 1 aliphatic heterocycles. The van der Waals surface area contributed by atoms with Gasteiger partial charge in [0.05, 0.1) is 12.7 Å². The van der Waals surface area contributed by atoms with Crippen molar-refractivity contribution in [2.24, 2.45) is 0 Å². The van der Waals surface area contributed by atoms with Gasteiger partial charge in [-0.15, -0.1) is 0 Å². The molecule has 22 heavy (non-hydrogen) atoms. The lowest BCUT2D eigenvalue weighted by molar-refractivity contribution is -0.198. The number of aryl methyl sites for hydroxylation is 1. The Bertz CT molecular complexity index is 750. The van der Waals surface area contributed by atoms with Gasteiger partial charge in [0.1, 0.15) is 17.4 Å². The van der Waals surface area contributed by atoms with Crippen LogP contribution in [-0.2, 0) is 4.74 Å². The van der Waals surface area contributed by atoms with Gasteiger partial charge in [-0.25, -0.2) is 4.79 Å². The van der Waals surface area contributed by atoms with Crippen molar-refractivity contribution in [3.63, 3.8) is 0 Å². The molecule has 1 unspecified atom stereocenters. The fourth-order valence-corrected chi connectivity index (χ4v) is 2.52. The predicted molar refractivity (Wildman–Crippen MR) is 79.0 cm³/mol. The lowest BCUT2D eigenvalue weighted by Crippen LogP contribution is -2.44. The van der Waals surface area contributed by atoms with E-state index in [1.807, 2.05) is 6.92 Å². The number of hydrogen-bond acceptors (Lipinski definition) is 6. The molecule has 1 aromatic carbocycles. The van der Waals surface area contributed by atoms with Gasteiger partial charge in [0.2, 0.25) is 6.29 Å². The lowest BCUT2D eigenvalue weighted by atomic mass is 10.1. The molecule has 0 saturated carbocycles. The Labute approximate surface area is 126 Å². The van der Waals surface area contributed by atoms with Crippen LogP contribution in [0.5, 0.6) is 5.75 Å². The molecular weight excluding hydrogens is 288 g/mol. The fourth-order valence-electron chi connectivity index (χ4n) is 2.52. The van der Waals surface area contributed by atoms with E-state index in [1.54, 1.807) is 25.1 Å². The third kappa shape index (κ3) is 2.72. The average Bonchev–Trinajstić information content (AvgIpc) is 2.48. The van der Waals surface area contributed by atoms with Gasteiger partial charge in [-0.2, -0.15) is 0 Å². The van der Waals surface area contributed by atoms with E-state index < -0.39 is 18.5 Å². The molecule has 1 saturated heterocycles. The number of benzene rings is 1. The van der Waals surface area contributed by atoms with E-state index in [4.69, 9.17) is 13.9 Å². The molecule has 3 atom stereocenters. The summed E-state index contributed by atoms with van der Waals surface area (Å²) in [6, 6.07) is 5.14.